The van der Waals surface area contributed by atoms with Gasteiger partial charge in [-0.3, -0.25) is 0 Å². The van der Waals surface area contributed by atoms with Crippen molar-refractivity contribution in [3.8, 4) is 16.9 Å². The Kier molecular flexibility index (Phi) is 4.60. The van der Waals surface area contributed by atoms with Crippen molar-refractivity contribution in [2.75, 3.05) is 6.26 Å². The summed E-state index contributed by atoms with van der Waals surface area (Å²) in [4.78, 5) is 1.01. The van der Waals surface area contributed by atoms with E-state index in [1.54, 1.807) is 23.9 Å². The molecule has 23 heavy (non-hydrogen) atoms. The number of hydrogen-bond donors (Lipinski definition) is 1. The highest BCUT2D eigenvalue weighted by Crippen LogP contribution is 2.38. The molecule has 0 fully saturated rings. The molecule has 0 radical (unpaired) electrons. The minimum Gasteiger partial charge on any atom is -0.539 e. The molecule has 0 heterocycles. The molecule has 0 aliphatic carbocycles. The van der Waals surface area contributed by atoms with Crippen LogP contribution in [0.2, 0.25) is 0 Å². The molecular formula is C18H16BFO2S. The largest absolute Gasteiger partial charge is 0.539 e. The maximum atomic E-state index is 14.2. The SMILES string of the molecule is CSc1cc2c(C)c(OBO)ccc2cc1-c1ccccc1F. The zero-order chi connectivity index (χ0) is 16.4. The summed E-state index contributed by atoms with van der Waals surface area (Å²) in [6, 6.07) is 14.6. The molecule has 0 unspecified atom stereocenters. The van der Waals surface area contributed by atoms with Crippen molar-refractivity contribution in [3.05, 3.63) is 59.9 Å². The highest BCUT2D eigenvalue weighted by Gasteiger charge is 2.13. The zero-order valence-electron chi connectivity index (χ0n) is 13.0. The first-order valence-electron chi connectivity index (χ1n) is 7.25. The van der Waals surface area contributed by atoms with E-state index in [4.69, 9.17) is 9.68 Å². The number of fused-ring (bicyclic) bond motifs is 1. The molecule has 0 aliphatic heterocycles. The standard InChI is InChI=1S/C18H16BFO2S/c1-11-14-10-18(23-2)15(13-5-3-4-6-16(13)20)9-12(14)7-8-17(11)22-19-21/h3-10,19,21H,1-2H3. The summed E-state index contributed by atoms with van der Waals surface area (Å²) in [6.45, 7) is 1.96. The molecule has 0 atom stereocenters. The Balaban J connectivity index is 2.25. The molecule has 2 nitrogen and oxygen atoms in total. The number of benzene rings is 3. The number of thioether (sulfide) groups is 1. The van der Waals surface area contributed by atoms with E-state index in [0.717, 1.165) is 26.8 Å². The fourth-order valence-corrected chi connectivity index (χ4v) is 3.39. The second-order valence-corrected chi connectivity index (χ2v) is 6.06. The highest BCUT2D eigenvalue weighted by atomic mass is 32.2. The van der Waals surface area contributed by atoms with Crippen LogP contribution in [0.25, 0.3) is 21.9 Å². The number of halogens is 1. The topological polar surface area (TPSA) is 29.5 Å². The average molecular weight is 326 g/mol. The van der Waals surface area contributed by atoms with Crippen LogP contribution in [0.5, 0.6) is 5.75 Å². The first kappa shape index (κ1) is 15.9. The molecule has 0 amide bonds. The van der Waals surface area contributed by atoms with E-state index >= 15 is 0 Å². The number of aryl methyl sites for hydroxylation is 1. The molecule has 0 bridgehead atoms. The highest BCUT2D eigenvalue weighted by molar-refractivity contribution is 7.98. The van der Waals surface area contributed by atoms with Crippen molar-refractivity contribution < 1.29 is 14.1 Å². The third kappa shape index (κ3) is 2.94. The summed E-state index contributed by atoms with van der Waals surface area (Å²) < 4.78 is 19.4. The second kappa shape index (κ2) is 6.65. The molecule has 0 saturated carbocycles. The van der Waals surface area contributed by atoms with Crippen LogP contribution in [0, 0.1) is 12.7 Å². The molecule has 3 aromatic carbocycles. The van der Waals surface area contributed by atoms with Gasteiger partial charge in [0.2, 0.25) is 0 Å². The minimum atomic E-state index is -0.352. The molecule has 5 heteroatoms. The minimum absolute atomic E-state index is 0.223. The molecule has 116 valence electrons. The Morgan fingerprint density at radius 2 is 1.87 bits per heavy atom. The molecule has 1 N–H and O–H groups in total. The summed E-state index contributed by atoms with van der Waals surface area (Å²) in [5.74, 6) is 0.435. The lowest BCUT2D eigenvalue weighted by atomic mass is 9.98. The predicted octanol–water partition coefficient (Wildman–Crippen LogP) is 4.31. The third-order valence-electron chi connectivity index (χ3n) is 3.94. The first-order valence-corrected chi connectivity index (χ1v) is 8.48. The van der Waals surface area contributed by atoms with Gasteiger partial charge in [-0.2, -0.15) is 0 Å². The predicted molar refractivity (Wildman–Crippen MR) is 95.9 cm³/mol. The van der Waals surface area contributed by atoms with E-state index in [9.17, 15) is 4.39 Å². The van der Waals surface area contributed by atoms with Gasteiger partial charge in [-0.05, 0) is 59.3 Å². The van der Waals surface area contributed by atoms with Gasteiger partial charge in [-0.1, -0.05) is 24.3 Å². The smallest absolute Gasteiger partial charge is 0.504 e. The lowest BCUT2D eigenvalue weighted by Crippen LogP contribution is -2.01. The van der Waals surface area contributed by atoms with Crippen molar-refractivity contribution >= 4 is 30.2 Å². The number of rotatable bonds is 4. The number of hydrogen-bond acceptors (Lipinski definition) is 3. The van der Waals surface area contributed by atoms with Crippen LogP contribution in [0.4, 0.5) is 4.39 Å². The summed E-state index contributed by atoms with van der Waals surface area (Å²) in [5, 5.41) is 11.0. The molecule has 0 aromatic heterocycles. The van der Waals surface area contributed by atoms with E-state index < -0.39 is 0 Å². The maximum Gasteiger partial charge on any atom is 0.504 e. The van der Waals surface area contributed by atoms with Crippen LogP contribution < -0.4 is 4.65 Å². The molecule has 0 saturated heterocycles. The van der Waals surface area contributed by atoms with Crippen molar-refractivity contribution in [1.29, 1.82) is 0 Å². The van der Waals surface area contributed by atoms with E-state index in [2.05, 4.69) is 6.07 Å². The summed E-state index contributed by atoms with van der Waals surface area (Å²) in [7, 11) is -0.352. The Bertz CT molecular complexity index is 867. The maximum absolute atomic E-state index is 14.2. The van der Waals surface area contributed by atoms with E-state index in [1.165, 1.54) is 6.07 Å². The van der Waals surface area contributed by atoms with Gasteiger partial charge in [0.05, 0.1) is 0 Å². The van der Waals surface area contributed by atoms with E-state index in [0.29, 0.717) is 11.3 Å². The van der Waals surface area contributed by atoms with Crippen LogP contribution in [0.3, 0.4) is 0 Å². The Morgan fingerprint density at radius 3 is 2.57 bits per heavy atom. The fourth-order valence-electron chi connectivity index (χ4n) is 2.77. The van der Waals surface area contributed by atoms with Gasteiger partial charge in [0.15, 0.2) is 0 Å². The Hall–Kier alpha value is -1.98. The molecule has 0 aliphatic rings. The van der Waals surface area contributed by atoms with Crippen molar-refractivity contribution in [2.24, 2.45) is 0 Å². The zero-order valence-corrected chi connectivity index (χ0v) is 13.8. The average Bonchev–Trinajstić information content (AvgIpc) is 2.57. The fraction of sp³-hybridized carbons (Fsp3) is 0.111. The summed E-state index contributed by atoms with van der Waals surface area (Å²) in [6.07, 6.45) is 1.98. The van der Waals surface area contributed by atoms with E-state index in [-0.39, 0.29) is 13.5 Å². The van der Waals surface area contributed by atoms with Crippen molar-refractivity contribution in [2.45, 2.75) is 11.8 Å². The van der Waals surface area contributed by atoms with Crippen LogP contribution in [0.15, 0.2) is 53.4 Å². The monoisotopic (exact) mass is 326 g/mol. The van der Waals surface area contributed by atoms with Gasteiger partial charge in [0.25, 0.3) is 0 Å². The van der Waals surface area contributed by atoms with Crippen LogP contribution in [0.1, 0.15) is 5.56 Å². The Morgan fingerprint density at radius 1 is 1.09 bits per heavy atom. The van der Waals surface area contributed by atoms with Crippen LogP contribution in [-0.4, -0.2) is 19.0 Å². The normalized spacial score (nSPS) is 10.8. The molecular weight excluding hydrogens is 310 g/mol. The van der Waals surface area contributed by atoms with Gasteiger partial charge in [0.1, 0.15) is 11.6 Å². The summed E-state index contributed by atoms with van der Waals surface area (Å²) in [5.41, 5.74) is 2.46. The third-order valence-corrected chi connectivity index (χ3v) is 4.72. The van der Waals surface area contributed by atoms with Gasteiger partial charge >= 0.3 is 7.69 Å². The van der Waals surface area contributed by atoms with Gasteiger partial charge in [-0.25, -0.2) is 4.39 Å². The van der Waals surface area contributed by atoms with Crippen molar-refractivity contribution in [1.82, 2.24) is 0 Å². The quantitative estimate of drug-likeness (QED) is 0.572. The van der Waals surface area contributed by atoms with Crippen LogP contribution in [-0.2, 0) is 0 Å². The Labute approximate surface area is 139 Å². The van der Waals surface area contributed by atoms with Crippen molar-refractivity contribution in [3.63, 3.8) is 0 Å². The van der Waals surface area contributed by atoms with Gasteiger partial charge in [-0.15, -0.1) is 11.8 Å². The summed E-state index contributed by atoms with van der Waals surface area (Å²) >= 11 is 1.58. The van der Waals surface area contributed by atoms with E-state index in [1.807, 2.05) is 37.4 Å². The van der Waals surface area contributed by atoms with Crippen LogP contribution >= 0.6 is 11.8 Å². The molecule has 3 aromatic rings. The van der Waals surface area contributed by atoms with Gasteiger partial charge < -0.3 is 9.68 Å². The lowest BCUT2D eigenvalue weighted by molar-refractivity contribution is 0.452. The lowest BCUT2D eigenvalue weighted by Gasteiger charge is -2.14. The molecule has 3 rings (SSSR count). The second-order valence-electron chi connectivity index (χ2n) is 5.22. The van der Waals surface area contributed by atoms with Gasteiger partial charge in [0, 0.05) is 10.5 Å². The first-order chi connectivity index (χ1) is 11.2. The molecule has 0 spiro atoms.